The van der Waals surface area contributed by atoms with Gasteiger partial charge < -0.3 is 4.42 Å². The predicted octanol–water partition coefficient (Wildman–Crippen LogP) is 11.8. The van der Waals surface area contributed by atoms with E-state index in [1.165, 1.54) is 27.1 Å². The number of nitrogens with zero attached hydrogens (tertiary/aromatic N) is 4. The summed E-state index contributed by atoms with van der Waals surface area (Å²) in [6.07, 6.45) is 0. The van der Waals surface area contributed by atoms with E-state index in [2.05, 4.69) is 91.0 Å². The van der Waals surface area contributed by atoms with Crippen molar-refractivity contribution >= 4 is 43.4 Å². The quantitative estimate of drug-likeness (QED) is 0.173. The Balaban J connectivity index is 1.14. The lowest BCUT2D eigenvalue weighted by molar-refractivity contribution is 0.623. The van der Waals surface area contributed by atoms with Gasteiger partial charge in [-0.05, 0) is 62.3 Å². The fraction of sp³-hybridized carbons (Fsp3) is 0. The van der Waals surface area contributed by atoms with Crippen molar-refractivity contribution in [3.8, 4) is 56.7 Å². The molecule has 0 fully saturated rings. The summed E-state index contributed by atoms with van der Waals surface area (Å²) in [4.78, 5) is 20.1. The molecule has 51 heavy (non-hydrogen) atoms. The molecule has 238 valence electrons. The normalized spacial score (nSPS) is 11.5. The highest BCUT2D eigenvalue weighted by Crippen LogP contribution is 2.38. The fourth-order valence-corrected chi connectivity index (χ4v) is 7.08. The van der Waals surface area contributed by atoms with E-state index < -0.39 is 0 Å². The van der Waals surface area contributed by atoms with E-state index in [4.69, 9.17) is 24.4 Å². The summed E-state index contributed by atoms with van der Waals surface area (Å²) < 4.78 is 6.49. The van der Waals surface area contributed by atoms with Crippen molar-refractivity contribution in [2.24, 2.45) is 0 Å². The van der Waals surface area contributed by atoms with Crippen LogP contribution in [-0.2, 0) is 0 Å². The lowest BCUT2D eigenvalue weighted by Crippen LogP contribution is -2.00. The highest BCUT2D eigenvalue weighted by Gasteiger charge is 2.19. The molecule has 0 saturated carbocycles. The van der Waals surface area contributed by atoms with E-state index in [9.17, 15) is 0 Å². The first-order chi connectivity index (χ1) is 25.3. The molecule has 0 radical (unpaired) electrons. The smallest absolute Gasteiger partial charge is 0.227 e. The Hall–Kier alpha value is -6.98. The molecule has 0 aliphatic rings. The molecule has 10 aromatic rings. The zero-order valence-corrected chi connectivity index (χ0v) is 27.4. The number of aromatic nitrogens is 4. The standard InChI is InChI=1S/C46H28N4O/c1-3-12-31(13-4-1)43-48-44(32-24-22-29(23-25-32)39-28-34-16-7-8-18-35(34)36-19-9-10-20-37(36)39)50-45(49-43)38-21-11-17-30-26-27-40-42(41(30)38)51-46(47-40)33-14-5-2-6-15-33/h1-28H. The van der Waals surface area contributed by atoms with Crippen LogP contribution in [0.2, 0.25) is 0 Å². The number of benzene rings is 8. The molecule has 5 nitrogen and oxygen atoms in total. The minimum atomic E-state index is 0.569. The van der Waals surface area contributed by atoms with Crippen molar-refractivity contribution in [3.63, 3.8) is 0 Å². The predicted molar refractivity (Wildman–Crippen MR) is 207 cm³/mol. The van der Waals surface area contributed by atoms with Crippen molar-refractivity contribution < 1.29 is 4.42 Å². The van der Waals surface area contributed by atoms with Crippen molar-refractivity contribution in [2.45, 2.75) is 0 Å². The molecule has 0 spiro atoms. The molecule has 0 bridgehead atoms. The number of hydrogen-bond donors (Lipinski definition) is 0. The molecule has 10 rings (SSSR count). The van der Waals surface area contributed by atoms with Gasteiger partial charge in [0.25, 0.3) is 0 Å². The Bertz CT molecular complexity index is 2900. The van der Waals surface area contributed by atoms with Crippen LogP contribution in [0, 0.1) is 0 Å². The van der Waals surface area contributed by atoms with Crippen LogP contribution in [0.1, 0.15) is 0 Å². The van der Waals surface area contributed by atoms with Gasteiger partial charge in [0.2, 0.25) is 5.89 Å². The van der Waals surface area contributed by atoms with Crippen LogP contribution in [0.15, 0.2) is 174 Å². The van der Waals surface area contributed by atoms with Crippen LogP contribution in [-0.4, -0.2) is 19.9 Å². The average molecular weight is 653 g/mol. The molecule has 5 heteroatoms. The summed E-state index contributed by atoms with van der Waals surface area (Å²) >= 11 is 0. The minimum Gasteiger partial charge on any atom is -0.435 e. The van der Waals surface area contributed by atoms with Gasteiger partial charge in [-0.3, -0.25) is 0 Å². The molecular formula is C46H28N4O. The largest absolute Gasteiger partial charge is 0.435 e. The first kappa shape index (κ1) is 29.0. The number of rotatable bonds is 5. The molecule has 0 unspecified atom stereocenters. The van der Waals surface area contributed by atoms with E-state index in [-0.39, 0.29) is 0 Å². The molecule has 2 heterocycles. The van der Waals surface area contributed by atoms with Crippen LogP contribution in [0.5, 0.6) is 0 Å². The lowest BCUT2D eigenvalue weighted by Gasteiger charge is -2.12. The van der Waals surface area contributed by atoms with Crippen LogP contribution >= 0.6 is 0 Å². The molecule has 8 aromatic carbocycles. The topological polar surface area (TPSA) is 64.7 Å². The summed E-state index contributed by atoms with van der Waals surface area (Å²) in [5.74, 6) is 2.35. The first-order valence-corrected chi connectivity index (χ1v) is 17.0. The molecule has 0 N–H and O–H groups in total. The van der Waals surface area contributed by atoms with Gasteiger partial charge in [0, 0.05) is 27.6 Å². The van der Waals surface area contributed by atoms with Crippen LogP contribution in [0.4, 0.5) is 0 Å². The van der Waals surface area contributed by atoms with Gasteiger partial charge in [-0.15, -0.1) is 0 Å². The summed E-state index contributed by atoms with van der Waals surface area (Å²) in [7, 11) is 0. The second-order valence-electron chi connectivity index (χ2n) is 12.6. The van der Waals surface area contributed by atoms with Crippen molar-refractivity contribution in [2.75, 3.05) is 0 Å². The van der Waals surface area contributed by atoms with E-state index in [0.717, 1.165) is 44.1 Å². The SMILES string of the molecule is c1ccc(-c2nc(-c3ccc(-c4cc5ccccc5c5ccccc45)cc3)nc(-c3cccc4ccc5nc(-c6ccccc6)oc5c34)n2)cc1. The maximum Gasteiger partial charge on any atom is 0.227 e. The maximum atomic E-state index is 6.49. The number of fused-ring (bicyclic) bond motifs is 6. The fourth-order valence-electron chi connectivity index (χ4n) is 7.08. The van der Waals surface area contributed by atoms with Crippen molar-refractivity contribution in [3.05, 3.63) is 170 Å². The van der Waals surface area contributed by atoms with Crippen LogP contribution in [0.25, 0.3) is 100 Å². The highest BCUT2D eigenvalue weighted by atomic mass is 16.3. The maximum absolute atomic E-state index is 6.49. The van der Waals surface area contributed by atoms with Gasteiger partial charge in [-0.25, -0.2) is 19.9 Å². The summed E-state index contributed by atoms with van der Waals surface area (Å²) in [5.41, 5.74) is 7.41. The zero-order chi connectivity index (χ0) is 33.7. The van der Waals surface area contributed by atoms with Gasteiger partial charge in [0.15, 0.2) is 23.1 Å². The van der Waals surface area contributed by atoms with Crippen LogP contribution < -0.4 is 0 Å². The van der Waals surface area contributed by atoms with Gasteiger partial charge in [-0.1, -0.05) is 146 Å². The highest BCUT2D eigenvalue weighted by molar-refractivity contribution is 6.14. The molecule has 0 aliphatic carbocycles. The first-order valence-electron chi connectivity index (χ1n) is 17.0. The second-order valence-corrected chi connectivity index (χ2v) is 12.6. The van der Waals surface area contributed by atoms with Gasteiger partial charge in [0.1, 0.15) is 5.52 Å². The van der Waals surface area contributed by atoms with Crippen molar-refractivity contribution in [1.82, 2.24) is 19.9 Å². The van der Waals surface area contributed by atoms with Gasteiger partial charge >= 0.3 is 0 Å². The molecule has 0 amide bonds. The van der Waals surface area contributed by atoms with Gasteiger partial charge in [-0.2, -0.15) is 0 Å². The Morgan fingerprint density at radius 2 is 0.941 bits per heavy atom. The van der Waals surface area contributed by atoms with E-state index in [1.54, 1.807) is 0 Å². The third-order valence-corrected chi connectivity index (χ3v) is 9.55. The Morgan fingerprint density at radius 3 is 1.71 bits per heavy atom. The summed E-state index contributed by atoms with van der Waals surface area (Å²) in [5, 5.41) is 6.88. The third-order valence-electron chi connectivity index (χ3n) is 9.55. The molecular weight excluding hydrogens is 625 g/mol. The van der Waals surface area contributed by atoms with E-state index in [0.29, 0.717) is 28.9 Å². The lowest BCUT2D eigenvalue weighted by atomic mass is 9.93. The Kier molecular flexibility index (Phi) is 6.74. The minimum absolute atomic E-state index is 0.569. The summed E-state index contributed by atoms with van der Waals surface area (Å²) in [6.45, 7) is 0. The Labute approximate surface area is 293 Å². The van der Waals surface area contributed by atoms with Crippen molar-refractivity contribution in [1.29, 1.82) is 0 Å². The zero-order valence-electron chi connectivity index (χ0n) is 27.4. The molecule has 0 aliphatic heterocycles. The van der Waals surface area contributed by atoms with Gasteiger partial charge in [0.05, 0.1) is 0 Å². The number of oxazole rings is 1. The summed E-state index contributed by atoms with van der Waals surface area (Å²) in [6, 6.07) is 58.3. The monoisotopic (exact) mass is 652 g/mol. The Morgan fingerprint density at radius 1 is 0.353 bits per heavy atom. The van der Waals surface area contributed by atoms with Crippen LogP contribution in [0.3, 0.4) is 0 Å². The van der Waals surface area contributed by atoms with E-state index in [1.807, 2.05) is 78.9 Å². The molecule has 2 aromatic heterocycles. The molecule has 0 saturated heterocycles. The molecule has 0 atom stereocenters. The van der Waals surface area contributed by atoms with E-state index >= 15 is 0 Å². The number of hydrogen-bond acceptors (Lipinski definition) is 5. The second kappa shape index (κ2) is 11.9. The average Bonchev–Trinajstić information content (AvgIpc) is 3.66. The third kappa shape index (κ3) is 5.03.